The molecule has 0 fully saturated rings. The molecular formula is C10H12FN5. The molecule has 2 rings (SSSR count). The lowest BCUT2D eigenvalue weighted by atomic mass is 10.2. The lowest BCUT2D eigenvalue weighted by Gasteiger charge is -2.07. The van der Waals surface area contributed by atoms with Crippen LogP contribution in [-0.4, -0.2) is 14.8 Å². The van der Waals surface area contributed by atoms with Gasteiger partial charge in [-0.1, -0.05) is 6.07 Å². The molecule has 2 aromatic rings. The maximum atomic E-state index is 13.1. The minimum absolute atomic E-state index is 0.110. The lowest BCUT2D eigenvalue weighted by Crippen LogP contribution is -2.05. The Bertz CT molecular complexity index is 494. The van der Waals surface area contributed by atoms with Crippen molar-refractivity contribution in [2.75, 3.05) is 11.1 Å². The highest BCUT2D eigenvalue weighted by atomic mass is 19.1. The number of rotatable bonds is 3. The molecule has 1 aromatic heterocycles. The van der Waals surface area contributed by atoms with Gasteiger partial charge in [0.2, 0.25) is 0 Å². The highest BCUT2D eigenvalue weighted by Gasteiger charge is 2.04. The first-order valence-electron chi connectivity index (χ1n) is 4.79. The summed E-state index contributed by atoms with van der Waals surface area (Å²) >= 11 is 0. The number of nitrogens with zero attached hydrogens (tertiary/aromatic N) is 3. The first kappa shape index (κ1) is 10.4. The smallest absolute Gasteiger partial charge is 0.169 e. The number of para-hydroxylation sites is 1. The molecule has 1 heterocycles. The Morgan fingerprint density at radius 3 is 3.00 bits per heavy atom. The molecule has 0 aliphatic carbocycles. The Morgan fingerprint density at radius 2 is 2.31 bits per heavy atom. The molecule has 1 aromatic carbocycles. The van der Waals surface area contributed by atoms with E-state index in [1.807, 2.05) is 0 Å². The van der Waals surface area contributed by atoms with Gasteiger partial charge in [-0.3, -0.25) is 4.68 Å². The molecule has 0 unspecified atom stereocenters. The van der Waals surface area contributed by atoms with Crippen molar-refractivity contribution in [3.8, 4) is 0 Å². The first-order valence-corrected chi connectivity index (χ1v) is 4.79. The summed E-state index contributed by atoms with van der Waals surface area (Å²) in [4.78, 5) is 4.04. The number of benzene rings is 1. The molecule has 0 radical (unpaired) electrons. The Balaban J connectivity index is 2.07. The summed E-state index contributed by atoms with van der Waals surface area (Å²) in [6.07, 6.45) is 1.60. The zero-order chi connectivity index (χ0) is 11.5. The minimum atomic E-state index is -0.431. The third kappa shape index (κ3) is 2.10. The Kier molecular flexibility index (Phi) is 2.72. The quantitative estimate of drug-likeness (QED) is 0.763. The van der Waals surface area contributed by atoms with E-state index in [0.29, 0.717) is 18.1 Å². The first-order chi connectivity index (χ1) is 7.66. The normalized spacial score (nSPS) is 10.4. The van der Waals surface area contributed by atoms with Crippen molar-refractivity contribution in [3.05, 3.63) is 36.2 Å². The third-order valence-corrected chi connectivity index (χ3v) is 2.14. The van der Waals surface area contributed by atoms with Crippen LogP contribution in [0.3, 0.4) is 0 Å². The molecule has 16 heavy (non-hydrogen) atoms. The Labute approximate surface area is 92.1 Å². The van der Waals surface area contributed by atoms with Crippen molar-refractivity contribution in [2.24, 2.45) is 7.05 Å². The van der Waals surface area contributed by atoms with Crippen molar-refractivity contribution >= 4 is 11.4 Å². The number of aryl methyl sites for hydroxylation is 1. The third-order valence-electron chi connectivity index (χ3n) is 2.14. The van der Waals surface area contributed by atoms with Crippen LogP contribution in [-0.2, 0) is 13.6 Å². The van der Waals surface area contributed by atoms with Crippen LogP contribution in [0.5, 0.6) is 0 Å². The molecule has 3 N–H and O–H groups in total. The highest BCUT2D eigenvalue weighted by Crippen LogP contribution is 2.21. The van der Waals surface area contributed by atoms with Crippen LogP contribution in [0.4, 0.5) is 15.8 Å². The fourth-order valence-electron chi connectivity index (χ4n) is 1.33. The van der Waals surface area contributed by atoms with E-state index in [-0.39, 0.29) is 5.69 Å². The summed E-state index contributed by atoms with van der Waals surface area (Å²) < 4.78 is 14.7. The van der Waals surface area contributed by atoms with Gasteiger partial charge in [0.05, 0.1) is 17.9 Å². The van der Waals surface area contributed by atoms with Crippen molar-refractivity contribution in [3.63, 3.8) is 0 Å². The van der Waals surface area contributed by atoms with Gasteiger partial charge in [0.15, 0.2) is 5.82 Å². The second-order valence-electron chi connectivity index (χ2n) is 3.39. The zero-order valence-corrected chi connectivity index (χ0v) is 8.81. The van der Waals surface area contributed by atoms with E-state index in [9.17, 15) is 4.39 Å². The van der Waals surface area contributed by atoms with E-state index < -0.39 is 5.82 Å². The summed E-state index contributed by atoms with van der Waals surface area (Å²) in [6.45, 7) is 0.411. The maximum absolute atomic E-state index is 13.1. The van der Waals surface area contributed by atoms with Gasteiger partial charge in [0, 0.05) is 7.05 Å². The zero-order valence-electron chi connectivity index (χ0n) is 8.81. The number of nitrogens with two attached hydrogens (primary N) is 1. The van der Waals surface area contributed by atoms with Gasteiger partial charge < -0.3 is 11.1 Å². The van der Waals surface area contributed by atoms with Gasteiger partial charge in [-0.25, -0.2) is 9.37 Å². The number of hydrogen-bond donors (Lipinski definition) is 2. The number of hydrogen-bond acceptors (Lipinski definition) is 4. The van der Waals surface area contributed by atoms with Crippen molar-refractivity contribution in [2.45, 2.75) is 6.54 Å². The van der Waals surface area contributed by atoms with E-state index in [2.05, 4.69) is 15.4 Å². The molecule has 0 aliphatic rings. The largest absolute Gasteiger partial charge is 0.395 e. The predicted molar refractivity (Wildman–Crippen MR) is 59.1 cm³/mol. The highest BCUT2D eigenvalue weighted by molar-refractivity contribution is 5.66. The molecule has 0 saturated heterocycles. The fourth-order valence-corrected chi connectivity index (χ4v) is 1.33. The second-order valence-corrected chi connectivity index (χ2v) is 3.39. The van der Waals surface area contributed by atoms with Crippen LogP contribution >= 0.6 is 0 Å². The number of anilines is 2. The monoisotopic (exact) mass is 221 g/mol. The predicted octanol–water partition coefficient (Wildman–Crippen LogP) is 1.15. The van der Waals surface area contributed by atoms with Crippen LogP contribution in [0.15, 0.2) is 24.5 Å². The lowest BCUT2D eigenvalue weighted by molar-refractivity contribution is 0.633. The Morgan fingerprint density at radius 1 is 1.50 bits per heavy atom. The molecular weight excluding hydrogens is 209 g/mol. The molecule has 0 spiro atoms. The summed E-state index contributed by atoms with van der Waals surface area (Å²) in [6, 6.07) is 4.63. The molecule has 0 aliphatic heterocycles. The van der Waals surface area contributed by atoms with Gasteiger partial charge in [-0.15, -0.1) is 0 Å². The number of nitrogen functional groups attached to an aromatic ring is 1. The molecule has 5 nitrogen and oxygen atoms in total. The molecule has 0 amide bonds. The average Bonchev–Trinajstić information content (AvgIpc) is 2.67. The van der Waals surface area contributed by atoms with E-state index in [0.717, 1.165) is 0 Å². The van der Waals surface area contributed by atoms with Gasteiger partial charge in [0.25, 0.3) is 0 Å². The summed E-state index contributed by atoms with van der Waals surface area (Å²) in [5.41, 5.74) is 6.23. The molecule has 0 atom stereocenters. The molecule has 6 heteroatoms. The van der Waals surface area contributed by atoms with Gasteiger partial charge in [-0.2, -0.15) is 5.10 Å². The molecule has 0 saturated carbocycles. The van der Waals surface area contributed by atoms with Crippen LogP contribution in [0, 0.1) is 5.82 Å². The maximum Gasteiger partial charge on any atom is 0.169 e. The molecule has 84 valence electrons. The van der Waals surface area contributed by atoms with Crippen LogP contribution in [0.2, 0.25) is 0 Å². The van der Waals surface area contributed by atoms with Gasteiger partial charge >= 0.3 is 0 Å². The minimum Gasteiger partial charge on any atom is -0.395 e. The standard InChI is InChI=1S/C10H12FN5/c1-16-6-14-9(15-16)5-13-8-4-2-3-7(11)10(8)12/h2-4,6,13H,5,12H2,1H3. The summed E-state index contributed by atoms with van der Waals surface area (Å²) in [5, 5.41) is 7.07. The van der Waals surface area contributed by atoms with E-state index in [1.165, 1.54) is 6.07 Å². The van der Waals surface area contributed by atoms with Crippen molar-refractivity contribution < 1.29 is 4.39 Å². The average molecular weight is 221 g/mol. The van der Waals surface area contributed by atoms with Gasteiger partial charge in [-0.05, 0) is 12.1 Å². The van der Waals surface area contributed by atoms with Crippen molar-refractivity contribution in [1.82, 2.24) is 14.8 Å². The summed E-state index contributed by atoms with van der Waals surface area (Å²) in [7, 11) is 1.78. The van der Waals surface area contributed by atoms with Gasteiger partial charge in [0.1, 0.15) is 12.1 Å². The fraction of sp³-hybridized carbons (Fsp3) is 0.200. The number of halogens is 1. The molecule has 0 bridgehead atoms. The van der Waals surface area contributed by atoms with Crippen molar-refractivity contribution in [1.29, 1.82) is 0 Å². The van der Waals surface area contributed by atoms with Crippen LogP contribution in [0.1, 0.15) is 5.82 Å². The number of aromatic nitrogens is 3. The van der Waals surface area contributed by atoms with Crippen LogP contribution in [0.25, 0.3) is 0 Å². The van der Waals surface area contributed by atoms with Crippen LogP contribution < -0.4 is 11.1 Å². The second kappa shape index (κ2) is 4.18. The van der Waals surface area contributed by atoms with E-state index >= 15 is 0 Å². The van der Waals surface area contributed by atoms with E-state index in [1.54, 1.807) is 30.2 Å². The SMILES string of the molecule is Cn1cnc(CNc2cccc(F)c2N)n1. The topological polar surface area (TPSA) is 68.8 Å². The van der Waals surface area contributed by atoms with E-state index in [4.69, 9.17) is 5.73 Å². The number of nitrogens with one attached hydrogen (secondary N) is 1. The Hall–Kier alpha value is -2.11. The summed E-state index contributed by atoms with van der Waals surface area (Å²) in [5.74, 6) is 0.199.